The Hall–Kier alpha value is -0.653. The van der Waals surface area contributed by atoms with Crippen molar-refractivity contribution in [3.05, 3.63) is 12.2 Å². The van der Waals surface area contributed by atoms with Gasteiger partial charge in [-0.15, -0.1) is 0 Å². The van der Waals surface area contributed by atoms with Crippen molar-refractivity contribution >= 4 is 15.3 Å². The van der Waals surface area contributed by atoms with E-state index in [1.54, 1.807) is 0 Å². The van der Waals surface area contributed by atoms with Gasteiger partial charge in [0.15, 0.2) is 0 Å². The van der Waals surface area contributed by atoms with E-state index < -0.39 is 9.28 Å². The van der Waals surface area contributed by atoms with Crippen LogP contribution in [0.4, 0.5) is 0 Å². The van der Waals surface area contributed by atoms with Gasteiger partial charge in [-0.1, -0.05) is 13.5 Å². The highest BCUT2D eigenvalue weighted by Crippen LogP contribution is 2.08. The maximum Gasteiger partial charge on any atom is 0.389 e. The van der Waals surface area contributed by atoms with Gasteiger partial charge in [-0.2, -0.15) is 0 Å². The lowest BCUT2D eigenvalue weighted by atomic mass is 10.3. The zero-order valence-electron chi connectivity index (χ0n) is 10.4. The predicted molar refractivity (Wildman–Crippen MR) is 64.2 cm³/mol. The van der Waals surface area contributed by atoms with Crippen LogP contribution in [0, 0.1) is 0 Å². The molecule has 0 atom stereocenters. The molecule has 5 heteroatoms. The van der Waals surface area contributed by atoms with E-state index in [0.29, 0.717) is 31.4 Å². The second-order valence-corrected chi connectivity index (χ2v) is 4.83. The van der Waals surface area contributed by atoms with E-state index >= 15 is 0 Å². The topological polar surface area (TPSA) is 44.8 Å². The van der Waals surface area contributed by atoms with Crippen LogP contribution in [-0.2, 0) is 18.4 Å². The summed E-state index contributed by atoms with van der Waals surface area (Å²) >= 11 is 0. The van der Waals surface area contributed by atoms with E-state index in [2.05, 4.69) is 6.58 Å². The molecule has 93 valence electrons. The molecule has 0 aromatic heterocycles. The van der Waals surface area contributed by atoms with Crippen molar-refractivity contribution in [2.75, 3.05) is 19.8 Å². The van der Waals surface area contributed by atoms with Gasteiger partial charge >= 0.3 is 15.3 Å². The molecule has 0 aliphatic carbocycles. The highest BCUT2D eigenvalue weighted by molar-refractivity contribution is 6.46. The molecular formula is C11H21O4Si. The number of hydrogen-bond acceptors (Lipinski definition) is 4. The Morgan fingerprint density at radius 1 is 1.19 bits per heavy atom. The fraction of sp³-hybridized carbons (Fsp3) is 0.727. The molecular weight excluding hydrogens is 224 g/mol. The third-order valence-corrected chi connectivity index (χ3v) is 3.63. The molecule has 0 spiro atoms. The van der Waals surface area contributed by atoms with Crippen molar-refractivity contribution in [3.63, 3.8) is 0 Å². The minimum Gasteiger partial charge on any atom is -0.462 e. The summed E-state index contributed by atoms with van der Waals surface area (Å²) in [6.07, 6.45) is 0.813. The molecule has 0 aromatic rings. The number of esters is 1. The van der Waals surface area contributed by atoms with Crippen molar-refractivity contribution in [3.8, 4) is 0 Å². The molecule has 0 fully saturated rings. The van der Waals surface area contributed by atoms with Gasteiger partial charge in [-0.3, -0.25) is 0 Å². The Bertz CT molecular complexity index is 212. The number of rotatable bonds is 9. The van der Waals surface area contributed by atoms with Gasteiger partial charge in [-0.25, -0.2) is 4.79 Å². The lowest BCUT2D eigenvalue weighted by molar-refractivity contribution is -0.139. The maximum atomic E-state index is 11.4. The summed E-state index contributed by atoms with van der Waals surface area (Å²) < 4.78 is 15.8. The fourth-order valence-corrected chi connectivity index (χ4v) is 2.43. The van der Waals surface area contributed by atoms with Crippen LogP contribution in [0.3, 0.4) is 0 Å². The molecule has 0 aliphatic rings. The molecule has 0 heterocycles. The zero-order chi connectivity index (χ0) is 12.4. The fourth-order valence-electron chi connectivity index (χ4n) is 1.01. The smallest absolute Gasteiger partial charge is 0.389 e. The van der Waals surface area contributed by atoms with Crippen LogP contribution in [-0.4, -0.2) is 35.1 Å². The molecule has 0 saturated heterocycles. The first kappa shape index (κ1) is 15.3. The van der Waals surface area contributed by atoms with E-state index in [0.717, 1.165) is 6.42 Å². The Morgan fingerprint density at radius 2 is 1.75 bits per heavy atom. The Kier molecular flexibility index (Phi) is 9.17. The monoisotopic (exact) mass is 245 g/mol. The van der Waals surface area contributed by atoms with Gasteiger partial charge in [0.05, 0.1) is 6.61 Å². The second-order valence-electron chi connectivity index (χ2n) is 3.15. The van der Waals surface area contributed by atoms with Gasteiger partial charge in [0.1, 0.15) is 0 Å². The van der Waals surface area contributed by atoms with Crippen molar-refractivity contribution in [2.45, 2.75) is 33.2 Å². The average molecular weight is 245 g/mol. The third-order valence-electron chi connectivity index (χ3n) is 1.69. The molecule has 4 nitrogen and oxygen atoms in total. The van der Waals surface area contributed by atoms with E-state index in [-0.39, 0.29) is 5.97 Å². The van der Waals surface area contributed by atoms with E-state index in [1.165, 1.54) is 0 Å². The molecule has 0 saturated carbocycles. The lowest BCUT2D eigenvalue weighted by Crippen LogP contribution is -2.25. The van der Waals surface area contributed by atoms with Crippen LogP contribution in [0.5, 0.6) is 0 Å². The SMILES string of the molecule is C=C(C[Si](OCC)OCC)C(=O)OCCC. The molecule has 0 unspecified atom stereocenters. The molecule has 0 bridgehead atoms. The largest absolute Gasteiger partial charge is 0.462 e. The van der Waals surface area contributed by atoms with Gasteiger partial charge in [0.2, 0.25) is 0 Å². The van der Waals surface area contributed by atoms with Crippen LogP contribution < -0.4 is 0 Å². The average Bonchev–Trinajstić information content (AvgIpc) is 2.26. The molecule has 0 aliphatic heterocycles. The van der Waals surface area contributed by atoms with Crippen molar-refractivity contribution in [1.29, 1.82) is 0 Å². The Morgan fingerprint density at radius 3 is 2.19 bits per heavy atom. The lowest BCUT2D eigenvalue weighted by Gasteiger charge is -2.13. The summed E-state index contributed by atoms with van der Waals surface area (Å²) in [5.74, 6) is -0.344. The van der Waals surface area contributed by atoms with Gasteiger partial charge < -0.3 is 13.6 Å². The van der Waals surface area contributed by atoms with Crippen LogP contribution in [0.2, 0.25) is 6.04 Å². The van der Waals surface area contributed by atoms with Crippen molar-refractivity contribution in [2.24, 2.45) is 0 Å². The van der Waals surface area contributed by atoms with Gasteiger partial charge in [-0.05, 0) is 20.3 Å². The minimum absolute atomic E-state index is 0.344. The predicted octanol–water partition coefficient (Wildman–Crippen LogP) is 2.06. The van der Waals surface area contributed by atoms with E-state index in [4.69, 9.17) is 13.6 Å². The number of carbonyl (C=O) groups is 1. The summed E-state index contributed by atoms with van der Waals surface area (Å²) in [6.45, 7) is 11.1. The first-order valence-electron chi connectivity index (χ1n) is 5.61. The van der Waals surface area contributed by atoms with Crippen LogP contribution >= 0.6 is 0 Å². The third kappa shape index (κ3) is 6.76. The normalized spacial score (nSPS) is 10.5. The first-order valence-corrected chi connectivity index (χ1v) is 7.14. The molecule has 0 rings (SSSR count). The van der Waals surface area contributed by atoms with Crippen molar-refractivity contribution < 1.29 is 18.4 Å². The molecule has 1 radical (unpaired) electrons. The van der Waals surface area contributed by atoms with Gasteiger partial charge in [0, 0.05) is 24.8 Å². The van der Waals surface area contributed by atoms with Crippen molar-refractivity contribution in [1.82, 2.24) is 0 Å². The standard InChI is InChI=1S/C11H21O4Si/c1-5-8-13-11(12)10(4)9-16(14-6-2)15-7-3/h4-9H2,1-3H3. The molecule has 0 aromatic carbocycles. The summed E-state index contributed by atoms with van der Waals surface area (Å²) in [4.78, 5) is 11.4. The Labute approximate surface area is 99.4 Å². The molecule has 0 N–H and O–H groups in total. The number of hydrogen-bond donors (Lipinski definition) is 0. The van der Waals surface area contributed by atoms with Crippen LogP contribution in [0.15, 0.2) is 12.2 Å². The second kappa shape index (κ2) is 9.56. The number of carbonyl (C=O) groups excluding carboxylic acids is 1. The molecule has 16 heavy (non-hydrogen) atoms. The summed E-state index contributed by atoms with van der Waals surface area (Å²) in [7, 11) is -1.42. The number of ether oxygens (including phenoxy) is 1. The minimum atomic E-state index is -1.42. The highest BCUT2D eigenvalue weighted by atomic mass is 28.3. The summed E-state index contributed by atoms with van der Waals surface area (Å²) in [5, 5.41) is 0. The zero-order valence-corrected chi connectivity index (χ0v) is 11.4. The quantitative estimate of drug-likeness (QED) is 0.354. The summed E-state index contributed by atoms with van der Waals surface area (Å²) in [6, 6.07) is 0.453. The van der Waals surface area contributed by atoms with E-state index in [9.17, 15) is 4.79 Å². The summed E-state index contributed by atoms with van der Waals surface area (Å²) in [5.41, 5.74) is 0.434. The first-order chi connectivity index (χ1) is 7.65. The molecule has 0 amide bonds. The van der Waals surface area contributed by atoms with Gasteiger partial charge in [0.25, 0.3) is 0 Å². The van der Waals surface area contributed by atoms with Crippen LogP contribution in [0.1, 0.15) is 27.2 Å². The highest BCUT2D eigenvalue weighted by Gasteiger charge is 2.20. The van der Waals surface area contributed by atoms with E-state index in [1.807, 2.05) is 20.8 Å². The maximum absolute atomic E-state index is 11.4. The Balaban J connectivity index is 4.01. The van der Waals surface area contributed by atoms with Crippen LogP contribution in [0.25, 0.3) is 0 Å².